The number of hydrogen-bond donors (Lipinski definition) is 3. The second-order valence-corrected chi connectivity index (χ2v) is 6.36. The summed E-state index contributed by atoms with van der Waals surface area (Å²) in [5.41, 5.74) is 6.93. The van der Waals surface area contributed by atoms with E-state index in [1.165, 1.54) is 10.8 Å². The first kappa shape index (κ1) is 15.2. The number of benzene rings is 1. The number of carboxylic acids is 1. The molecule has 0 fully saturated rings. The Balaban J connectivity index is 1.69. The van der Waals surface area contributed by atoms with Crippen LogP contribution in [0.3, 0.4) is 0 Å². The van der Waals surface area contributed by atoms with Crippen LogP contribution in [0.25, 0.3) is 10.1 Å². The second kappa shape index (κ2) is 6.18. The molecule has 1 aliphatic carbocycles. The zero-order chi connectivity index (χ0) is 15.7. The minimum Gasteiger partial charge on any atom is -0.478 e. The van der Waals surface area contributed by atoms with Gasteiger partial charge in [0.2, 0.25) is 0 Å². The van der Waals surface area contributed by atoms with Crippen LogP contribution >= 0.6 is 11.3 Å². The highest BCUT2D eigenvalue weighted by molar-refractivity contribution is 7.17. The standard InChI is InChI=1S/C16H17NO4S/c17-12-6-11(16(19)20)7-13(15(12)18)21-8-9-1-2-14-10(5-9)3-4-22-14/h1-6,12-13,15,18H,7-8,17H2,(H,19,20)/t12-,13+,15+/m0/s1. The number of aliphatic hydroxyl groups excluding tert-OH is 1. The molecular formula is C16H17NO4S. The van der Waals surface area contributed by atoms with Crippen LogP contribution in [0.5, 0.6) is 0 Å². The number of hydrogen-bond acceptors (Lipinski definition) is 5. The molecule has 5 nitrogen and oxygen atoms in total. The van der Waals surface area contributed by atoms with Gasteiger partial charge in [0.1, 0.15) is 0 Å². The number of aliphatic hydroxyl groups is 1. The van der Waals surface area contributed by atoms with Crippen LogP contribution in [0.4, 0.5) is 0 Å². The Hall–Kier alpha value is -1.73. The molecule has 0 bridgehead atoms. The van der Waals surface area contributed by atoms with Crippen molar-refractivity contribution in [2.45, 2.75) is 31.3 Å². The molecule has 0 aliphatic heterocycles. The molecule has 116 valence electrons. The zero-order valence-electron chi connectivity index (χ0n) is 11.8. The number of ether oxygens (including phenoxy) is 1. The number of carboxylic acid groups (broad SMARTS) is 1. The topological polar surface area (TPSA) is 92.8 Å². The minimum absolute atomic E-state index is 0.158. The number of aliphatic carboxylic acids is 1. The summed E-state index contributed by atoms with van der Waals surface area (Å²) in [6.07, 6.45) is 0.0482. The Morgan fingerprint density at radius 2 is 2.23 bits per heavy atom. The fourth-order valence-electron chi connectivity index (χ4n) is 2.61. The van der Waals surface area contributed by atoms with Crippen molar-refractivity contribution in [1.29, 1.82) is 0 Å². The van der Waals surface area contributed by atoms with Crippen LogP contribution in [0, 0.1) is 0 Å². The highest BCUT2D eigenvalue weighted by atomic mass is 32.1. The molecule has 0 amide bonds. The fraction of sp³-hybridized carbons (Fsp3) is 0.312. The third-order valence-corrected chi connectivity index (χ3v) is 4.74. The summed E-state index contributed by atoms with van der Waals surface area (Å²) in [5.74, 6) is -1.02. The van der Waals surface area contributed by atoms with Crippen molar-refractivity contribution in [3.8, 4) is 0 Å². The van der Waals surface area contributed by atoms with Gasteiger partial charge in [-0.1, -0.05) is 12.1 Å². The highest BCUT2D eigenvalue weighted by Crippen LogP contribution is 2.25. The molecule has 3 rings (SSSR count). The van der Waals surface area contributed by atoms with Crippen LogP contribution < -0.4 is 5.73 Å². The van der Waals surface area contributed by atoms with Crippen LogP contribution in [0.1, 0.15) is 12.0 Å². The lowest BCUT2D eigenvalue weighted by atomic mass is 9.91. The monoisotopic (exact) mass is 319 g/mol. The normalized spacial score (nSPS) is 25.2. The van der Waals surface area contributed by atoms with Gasteiger partial charge >= 0.3 is 5.97 Å². The number of nitrogens with two attached hydrogens (primary N) is 1. The summed E-state index contributed by atoms with van der Waals surface area (Å²) < 4.78 is 6.93. The lowest BCUT2D eigenvalue weighted by Gasteiger charge is -2.30. The first-order valence-corrected chi connectivity index (χ1v) is 7.88. The molecule has 1 aliphatic rings. The molecule has 2 aromatic rings. The van der Waals surface area contributed by atoms with Crippen molar-refractivity contribution in [3.63, 3.8) is 0 Å². The van der Waals surface area contributed by atoms with E-state index in [0.29, 0.717) is 6.61 Å². The maximum absolute atomic E-state index is 11.1. The van der Waals surface area contributed by atoms with Crippen molar-refractivity contribution < 1.29 is 19.7 Å². The number of rotatable bonds is 4. The quantitative estimate of drug-likeness (QED) is 0.800. The Labute approximate surface area is 131 Å². The fourth-order valence-corrected chi connectivity index (χ4v) is 3.38. The predicted octanol–water partition coefficient (Wildman–Crippen LogP) is 1.89. The van der Waals surface area contributed by atoms with E-state index in [2.05, 4.69) is 0 Å². The van der Waals surface area contributed by atoms with E-state index in [9.17, 15) is 9.90 Å². The highest BCUT2D eigenvalue weighted by Gasteiger charge is 2.32. The van der Waals surface area contributed by atoms with Crippen LogP contribution in [-0.2, 0) is 16.1 Å². The van der Waals surface area contributed by atoms with Crippen LogP contribution in [0.2, 0.25) is 0 Å². The van der Waals surface area contributed by atoms with Gasteiger partial charge in [-0.3, -0.25) is 0 Å². The van der Waals surface area contributed by atoms with Gasteiger partial charge in [0.05, 0.1) is 24.9 Å². The van der Waals surface area contributed by atoms with Crippen LogP contribution in [-0.4, -0.2) is 34.4 Å². The van der Waals surface area contributed by atoms with E-state index in [1.54, 1.807) is 11.3 Å². The molecule has 0 saturated carbocycles. The molecule has 4 N–H and O–H groups in total. The lowest BCUT2D eigenvalue weighted by molar-refractivity contribution is -0.134. The van der Waals surface area contributed by atoms with E-state index < -0.39 is 24.2 Å². The number of thiophene rings is 1. The van der Waals surface area contributed by atoms with Gasteiger partial charge in [0.25, 0.3) is 0 Å². The van der Waals surface area contributed by atoms with E-state index in [1.807, 2.05) is 29.6 Å². The predicted molar refractivity (Wildman–Crippen MR) is 84.7 cm³/mol. The van der Waals surface area contributed by atoms with Crippen molar-refractivity contribution in [2.24, 2.45) is 5.73 Å². The first-order chi connectivity index (χ1) is 10.5. The molecule has 0 radical (unpaired) electrons. The summed E-state index contributed by atoms with van der Waals surface area (Å²) in [6, 6.07) is 7.37. The molecule has 1 aromatic heterocycles. The van der Waals surface area contributed by atoms with Gasteiger partial charge in [-0.05, 0) is 34.5 Å². The van der Waals surface area contributed by atoms with Gasteiger partial charge in [-0.15, -0.1) is 11.3 Å². The molecule has 0 saturated heterocycles. The van der Waals surface area contributed by atoms with Crippen molar-refractivity contribution in [3.05, 3.63) is 46.9 Å². The average Bonchev–Trinajstić information content (AvgIpc) is 2.95. The summed E-state index contributed by atoms with van der Waals surface area (Å²) in [6.45, 7) is 0.313. The summed E-state index contributed by atoms with van der Waals surface area (Å²) in [7, 11) is 0. The van der Waals surface area contributed by atoms with E-state index in [0.717, 1.165) is 10.9 Å². The van der Waals surface area contributed by atoms with Crippen LogP contribution in [0.15, 0.2) is 41.3 Å². The van der Waals surface area contributed by atoms with Crippen molar-refractivity contribution >= 4 is 27.4 Å². The molecule has 3 atom stereocenters. The molecule has 22 heavy (non-hydrogen) atoms. The summed E-state index contributed by atoms with van der Waals surface area (Å²) in [4.78, 5) is 11.1. The van der Waals surface area contributed by atoms with Gasteiger partial charge in [-0.25, -0.2) is 4.79 Å². The molecular weight excluding hydrogens is 302 g/mol. The Kier molecular flexibility index (Phi) is 4.26. The second-order valence-electron chi connectivity index (χ2n) is 5.41. The van der Waals surface area contributed by atoms with Gasteiger partial charge in [0, 0.05) is 16.7 Å². The van der Waals surface area contributed by atoms with Gasteiger partial charge < -0.3 is 20.7 Å². The molecule has 1 heterocycles. The maximum atomic E-state index is 11.1. The van der Waals surface area contributed by atoms with E-state index in [-0.39, 0.29) is 12.0 Å². The third-order valence-electron chi connectivity index (χ3n) is 3.85. The van der Waals surface area contributed by atoms with E-state index >= 15 is 0 Å². The molecule has 6 heteroatoms. The number of carbonyl (C=O) groups is 1. The van der Waals surface area contributed by atoms with Gasteiger partial charge in [-0.2, -0.15) is 0 Å². The maximum Gasteiger partial charge on any atom is 0.331 e. The molecule has 0 unspecified atom stereocenters. The largest absolute Gasteiger partial charge is 0.478 e. The van der Waals surface area contributed by atoms with Crippen molar-refractivity contribution in [2.75, 3.05) is 0 Å². The Morgan fingerprint density at radius 1 is 1.41 bits per heavy atom. The third kappa shape index (κ3) is 3.05. The zero-order valence-corrected chi connectivity index (χ0v) is 12.6. The smallest absolute Gasteiger partial charge is 0.331 e. The van der Waals surface area contributed by atoms with Gasteiger partial charge in [0.15, 0.2) is 0 Å². The summed E-state index contributed by atoms with van der Waals surface area (Å²) >= 11 is 1.68. The first-order valence-electron chi connectivity index (χ1n) is 7.00. The Bertz CT molecular complexity index is 724. The average molecular weight is 319 g/mol. The molecule has 0 spiro atoms. The Morgan fingerprint density at radius 3 is 3.00 bits per heavy atom. The summed E-state index contributed by atoms with van der Waals surface area (Å²) in [5, 5.41) is 22.3. The number of fused-ring (bicyclic) bond motifs is 1. The SMILES string of the molecule is N[C@H]1C=C(C(=O)O)C[C@@H](OCc2ccc3sccc3c2)[C@@H]1O. The van der Waals surface area contributed by atoms with E-state index in [4.69, 9.17) is 15.6 Å². The lowest BCUT2D eigenvalue weighted by Crippen LogP contribution is -2.46. The molecule has 1 aromatic carbocycles. The van der Waals surface area contributed by atoms with Crippen molar-refractivity contribution in [1.82, 2.24) is 0 Å². The minimum atomic E-state index is -1.02.